The number of hydrogen-bond donors (Lipinski definition) is 2. The van der Waals surface area contributed by atoms with Gasteiger partial charge in [0.2, 0.25) is 11.7 Å². The highest BCUT2D eigenvalue weighted by atomic mass is 35.5. The van der Waals surface area contributed by atoms with Crippen LogP contribution in [0.5, 0.6) is 0 Å². The Hall–Kier alpha value is -4.87. The predicted molar refractivity (Wildman–Crippen MR) is 143 cm³/mol. The van der Waals surface area contributed by atoms with E-state index in [9.17, 15) is 24.0 Å². The molecule has 200 valence electrons. The first-order valence-corrected chi connectivity index (χ1v) is 12.5. The van der Waals surface area contributed by atoms with E-state index in [0.717, 1.165) is 4.90 Å². The van der Waals surface area contributed by atoms with E-state index in [4.69, 9.17) is 28.9 Å². The fourth-order valence-corrected chi connectivity index (χ4v) is 4.57. The van der Waals surface area contributed by atoms with Crippen LogP contribution < -0.4 is 11.1 Å². The summed E-state index contributed by atoms with van der Waals surface area (Å²) in [4.78, 5) is 68.2. The van der Waals surface area contributed by atoms with Crippen molar-refractivity contribution in [3.63, 3.8) is 0 Å². The van der Waals surface area contributed by atoms with Crippen molar-refractivity contribution in [3.8, 4) is 5.69 Å². The summed E-state index contributed by atoms with van der Waals surface area (Å²) in [6, 6.07) is 17.1. The van der Waals surface area contributed by atoms with Gasteiger partial charge in [-0.1, -0.05) is 47.5 Å². The quantitative estimate of drug-likeness (QED) is 0.241. The smallest absolute Gasteiger partial charge is 0.288 e. The molecule has 0 spiro atoms. The van der Waals surface area contributed by atoms with Gasteiger partial charge in [-0.3, -0.25) is 28.9 Å². The zero-order valence-corrected chi connectivity index (χ0v) is 21.9. The summed E-state index contributed by atoms with van der Waals surface area (Å²) in [5.41, 5.74) is 6.32. The van der Waals surface area contributed by atoms with Crippen LogP contribution in [0.1, 0.15) is 53.1 Å². The number of halogens is 2. The summed E-state index contributed by atoms with van der Waals surface area (Å²) in [7, 11) is 0. The van der Waals surface area contributed by atoms with Gasteiger partial charge in [-0.25, -0.2) is 9.67 Å². The largest absolute Gasteiger partial charge is 0.363 e. The second-order valence-electron chi connectivity index (χ2n) is 8.62. The molecule has 4 amide bonds. The van der Waals surface area contributed by atoms with Crippen molar-refractivity contribution in [2.24, 2.45) is 5.73 Å². The number of fused-ring (bicyclic) bond motifs is 1. The minimum absolute atomic E-state index is 0.0417. The molecule has 3 aromatic carbocycles. The number of hydrogen-bond acceptors (Lipinski definition) is 7. The number of amides is 4. The monoisotopic (exact) mass is 576 g/mol. The van der Waals surface area contributed by atoms with E-state index in [1.165, 1.54) is 35.0 Å². The molecule has 13 heteroatoms. The van der Waals surface area contributed by atoms with Gasteiger partial charge in [-0.05, 0) is 42.5 Å². The van der Waals surface area contributed by atoms with Crippen LogP contribution in [0.2, 0.25) is 10.0 Å². The fraction of sp³-hybridized carbons (Fsp3) is 0.0741. The minimum atomic E-state index is -0.940. The number of nitrogens with zero attached hydrogens (tertiary/aromatic N) is 4. The van der Waals surface area contributed by atoms with Gasteiger partial charge in [0.05, 0.1) is 28.4 Å². The second kappa shape index (κ2) is 10.7. The Labute approximate surface area is 236 Å². The van der Waals surface area contributed by atoms with Crippen LogP contribution in [0.3, 0.4) is 0 Å². The van der Waals surface area contributed by atoms with Gasteiger partial charge in [0.1, 0.15) is 6.54 Å². The molecule has 0 bridgehead atoms. The van der Waals surface area contributed by atoms with Crippen molar-refractivity contribution in [1.29, 1.82) is 0 Å². The molecule has 0 atom stereocenters. The lowest BCUT2D eigenvalue weighted by atomic mass is 10.0. The Morgan fingerprint density at radius 2 is 1.52 bits per heavy atom. The average Bonchev–Trinajstić information content (AvgIpc) is 3.47. The Bertz CT molecular complexity index is 1700. The Morgan fingerprint density at radius 1 is 0.875 bits per heavy atom. The molecule has 1 aliphatic rings. The minimum Gasteiger partial charge on any atom is -0.363 e. The molecule has 0 saturated heterocycles. The van der Waals surface area contributed by atoms with Gasteiger partial charge >= 0.3 is 0 Å². The molecule has 0 unspecified atom stereocenters. The normalized spacial score (nSPS) is 12.4. The molecule has 0 radical (unpaired) electrons. The molecular formula is C27H18Cl2N6O5. The summed E-state index contributed by atoms with van der Waals surface area (Å²) in [5, 5.41) is 7.17. The van der Waals surface area contributed by atoms with Gasteiger partial charge in [0.25, 0.3) is 17.7 Å². The van der Waals surface area contributed by atoms with Crippen LogP contribution in [-0.4, -0.2) is 55.6 Å². The third-order valence-electron chi connectivity index (χ3n) is 6.07. The van der Waals surface area contributed by atoms with Crippen LogP contribution in [-0.2, 0) is 11.3 Å². The number of imide groups is 1. The van der Waals surface area contributed by atoms with E-state index >= 15 is 0 Å². The summed E-state index contributed by atoms with van der Waals surface area (Å²) >= 11 is 12.4. The fourth-order valence-electron chi connectivity index (χ4n) is 4.18. The second-order valence-corrected chi connectivity index (χ2v) is 9.46. The first-order chi connectivity index (χ1) is 19.2. The number of ketones is 1. The van der Waals surface area contributed by atoms with Gasteiger partial charge in [0, 0.05) is 16.1 Å². The topological polar surface area (TPSA) is 157 Å². The molecule has 40 heavy (non-hydrogen) atoms. The lowest BCUT2D eigenvalue weighted by Crippen LogP contribution is -2.40. The van der Waals surface area contributed by atoms with Gasteiger partial charge in [-0.2, -0.15) is 0 Å². The van der Waals surface area contributed by atoms with Crippen molar-refractivity contribution in [2.45, 2.75) is 6.54 Å². The number of rotatable bonds is 8. The van der Waals surface area contributed by atoms with Crippen LogP contribution in [0.4, 0.5) is 0 Å². The van der Waals surface area contributed by atoms with E-state index in [1.54, 1.807) is 36.4 Å². The van der Waals surface area contributed by atoms with E-state index in [0.29, 0.717) is 0 Å². The van der Waals surface area contributed by atoms with Crippen molar-refractivity contribution in [1.82, 2.24) is 25.0 Å². The zero-order chi connectivity index (χ0) is 28.6. The Morgan fingerprint density at radius 3 is 2.17 bits per heavy atom. The molecule has 5 rings (SSSR count). The third-order valence-corrected chi connectivity index (χ3v) is 6.63. The van der Waals surface area contributed by atoms with Crippen LogP contribution in [0, 0.1) is 0 Å². The van der Waals surface area contributed by atoms with Gasteiger partial charge in [-0.15, -0.1) is 5.10 Å². The molecule has 2 heterocycles. The van der Waals surface area contributed by atoms with Crippen molar-refractivity contribution in [2.75, 3.05) is 6.54 Å². The van der Waals surface area contributed by atoms with Gasteiger partial charge < -0.3 is 11.1 Å². The lowest BCUT2D eigenvalue weighted by molar-refractivity contribution is -0.121. The van der Waals surface area contributed by atoms with Crippen LogP contribution in [0.15, 0.2) is 66.7 Å². The van der Waals surface area contributed by atoms with E-state index in [-0.39, 0.29) is 56.2 Å². The molecule has 0 saturated carbocycles. The lowest BCUT2D eigenvalue weighted by Gasteiger charge is -2.15. The van der Waals surface area contributed by atoms with Crippen molar-refractivity contribution in [3.05, 3.63) is 111 Å². The molecule has 4 aromatic rings. The first-order valence-electron chi connectivity index (χ1n) is 11.7. The summed E-state index contributed by atoms with van der Waals surface area (Å²) in [5.74, 6) is -3.58. The van der Waals surface area contributed by atoms with Gasteiger partial charge in [0.15, 0.2) is 11.6 Å². The number of primary amides is 1. The highest BCUT2D eigenvalue weighted by Crippen LogP contribution is 2.27. The van der Waals surface area contributed by atoms with Crippen molar-refractivity contribution >= 4 is 52.6 Å². The van der Waals surface area contributed by atoms with Crippen molar-refractivity contribution < 1.29 is 24.0 Å². The molecule has 11 nitrogen and oxygen atoms in total. The number of nitrogens with one attached hydrogen (secondary N) is 1. The number of aromatic nitrogens is 3. The summed E-state index contributed by atoms with van der Waals surface area (Å²) in [6.07, 6.45) is 0. The molecule has 0 aliphatic carbocycles. The predicted octanol–water partition coefficient (Wildman–Crippen LogP) is 2.82. The average molecular weight is 577 g/mol. The molecular weight excluding hydrogens is 559 g/mol. The van der Waals surface area contributed by atoms with Crippen LogP contribution in [0.25, 0.3) is 5.69 Å². The summed E-state index contributed by atoms with van der Waals surface area (Å²) in [6.45, 7) is -0.828. The highest BCUT2D eigenvalue weighted by Gasteiger charge is 2.36. The van der Waals surface area contributed by atoms with E-state index in [2.05, 4.69) is 15.4 Å². The van der Waals surface area contributed by atoms with Crippen LogP contribution >= 0.6 is 23.2 Å². The SMILES string of the molecule is NC(=O)c1nc(CNC(=O)CN2C(=O)c3ccccc3C2=O)n(-c2ccc(Cl)cc2C(=O)c2ccccc2Cl)n1. The third kappa shape index (κ3) is 4.95. The Kier molecular flexibility index (Phi) is 7.16. The molecule has 0 fully saturated rings. The molecule has 3 N–H and O–H groups in total. The Balaban J connectivity index is 1.43. The zero-order valence-electron chi connectivity index (χ0n) is 20.4. The first kappa shape index (κ1) is 26.7. The molecule has 1 aromatic heterocycles. The maximum Gasteiger partial charge on any atom is 0.288 e. The van der Waals surface area contributed by atoms with E-state index in [1.807, 2.05) is 0 Å². The maximum absolute atomic E-state index is 13.4. The number of carbonyl (C=O) groups excluding carboxylic acids is 5. The number of carbonyl (C=O) groups is 5. The number of benzene rings is 3. The maximum atomic E-state index is 13.4. The molecule has 1 aliphatic heterocycles. The summed E-state index contributed by atoms with van der Waals surface area (Å²) < 4.78 is 1.18. The van der Waals surface area contributed by atoms with E-state index < -0.39 is 36.0 Å². The highest BCUT2D eigenvalue weighted by molar-refractivity contribution is 6.35. The number of nitrogens with two attached hydrogens (primary N) is 1. The standard InChI is InChI=1S/C27H18Cl2N6O5/c28-14-9-10-20(18(11-14)23(37)17-7-3-4-8-19(17)29)35-21(32-25(33-35)24(30)38)12-31-22(36)13-34-26(39)15-5-1-2-6-16(15)27(34)40/h1-11H,12-13H2,(H2,30,38)(H,31,36).